The largest absolute Gasteiger partial charge is 0.480 e. The van der Waals surface area contributed by atoms with Gasteiger partial charge in [-0.2, -0.15) is 0 Å². The fourth-order valence-corrected chi connectivity index (χ4v) is 1.52. The number of hydrogen-bond acceptors (Lipinski definition) is 3. The molecule has 0 aliphatic heterocycles. The molecule has 0 saturated carbocycles. The number of Topliss-reactive ketones (excluding diaryl/α,β-unsaturated/α-hetero) is 1. The van der Waals surface area contributed by atoms with Crippen molar-refractivity contribution in [3.63, 3.8) is 0 Å². The lowest BCUT2D eigenvalue weighted by atomic mass is 10.00. The molecule has 0 spiro atoms. The first-order valence-corrected chi connectivity index (χ1v) is 5.48. The fourth-order valence-electron chi connectivity index (χ4n) is 1.52. The van der Waals surface area contributed by atoms with E-state index in [1.165, 1.54) is 0 Å². The van der Waals surface area contributed by atoms with Crippen molar-refractivity contribution in [3.05, 3.63) is 34.9 Å². The average molecular weight is 249 g/mol. The second-order valence-electron chi connectivity index (χ2n) is 4.10. The Bertz CT molecular complexity index is 482. The van der Waals surface area contributed by atoms with Crippen molar-refractivity contribution in [1.82, 2.24) is 5.32 Å². The summed E-state index contributed by atoms with van der Waals surface area (Å²) in [7, 11) is 0. The Kier molecular flexibility index (Phi) is 4.59. The van der Waals surface area contributed by atoms with Crippen LogP contribution in [0.5, 0.6) is 0 Å². The first kappa shape index (κ1) is 13.9. The van der Waals surface area contributed by atoms with E-state index in [0.29, 0.717) is 5.56 Å². The van der Waals surface area contributed by atoms with Crippen LogP contribution < -0.4 is 5.32 Å². The highest BCUT2D eigenvalue weighted by molar-refractivity contribution is 5.99. The Morgan fingerprint density at radius 1 is 1.33 bits per heavy atom. The third kappa shape index (κ3) is 3.41. The Hall–Kier alpha value is -2.17. The average Bonchev–Trinajstić information content (AvgIpc) is 2.31. The predicted octanol–water partition coefficient (Wildman–Crippen LogP) is 1.08. The van der Waals surface area contributed by atoms with Crippen LogP contribution in [-0.4, -0.2) is 29.3 Å². The van der Waals surface area contributed by atoms with Gasteiger partial charge in [-0.1, -0.05) is 12.1 Å². The molecule has 0 saturated heterocycles. The van der Waals surface area contributed by atoms with Crippen molar-refractivity contribution in [2.45, 2.75) is 26.3 Å². The highest BCUT2D eigenvalue weighted by Crippen LogP contribution is 2.12. The van der Waals surface area contributed by atoms with Crippen molar-refractivity contribution in [3.8, 4) is 0 Å². The zero-order valence-electron chi connectivity index (χ0n) is 10.3. The van der Waals surface area contributed by atoms with E-state index < -0.39 is 12.0 Å². The molecular formula is C13H15NO4. The molecule has 0 heterocycles. The molecule has 1 amide bonds. The minimum absolute atomic E-state index is 0.253. The van der Waals surface area contributed by atoms with Gasteiger partial charge < -0.3 is 10.4 Å². The molecule has 1 atom stereocenters. The summed E-state index contributed by atoms with van der Waals surface area (Å²) in [6.07, 6.45) is 0.0308. The van der Waals surface area contributed by atoms with Crippen LogP contribution in [0.15, 0.2) is 18.2 Å². The number of aliphatic carboxylic acids is 1. The zero-order chi connectivity index (χ0) is 13.7. The fraction of sp³-hybridized carbons (Fsp3) is 0.308. The third-order valence-electron chi connectivity index (χ3n) is 2.79. The van der Waals surface area contributed by atoms with E-state index in [4.69, 9.17) is 5.11 Å². The molecule has 0 aromatic heterocycles. The molecule has 1 aromatic rings. The van der Waals surface area contributed by atoms with Gasteiger partial charge in [0, 0.05) is 12.0 Å². The molecule has 18 heavy (non-hydrogen) atoms. The number of carbonyl (C=O) groups is 3. The maximum Gasteiger partial charge on any atom is 0.326 e. The van der Waals surface area contributed by atoms with Gasteiger partial charge in [-0.25, -0.2) is 4.79 Å². The quantitative estimate of drug-likeness (QED) is 0.583. The normalized spacial score (nSPS) is 11.7. The summed E-state index contributed by atoms with van der Waals surface area (Å²) in [6, 6.07) is 4.00. The molecule has 1 rings (SSSR count). The monoisotopic (exact) mass is 249 g/mol. The van der Waals surface area contributed by atoms with Crippen LogP contribution in [0, 0.1) is 13.8 Å². The lowest BCUT2D eigenvalue weighted by molar-refractivity contribution is -0.140. The van der Waals surface area contributed by atoms with Crippen LogP contribution in [0.25, 0.3) is 0 Å². The Labute approximate surface area is 105 Å². The number of benzene rings is 1. The van der Waals surface area contributed by atoms with Gasteiger partial charge in [-0.05, 0) is 31.0 Å². The standard InChI is InChI=1S/C13H15NO4/c1-8-3-4-10(5-9(8)2)12(16)6-11(13(17)18)14-7-15/h3-5,7,11H,6H2,1-2H3,(H,14,15)(H,17,18). The second kappa shape index (κ2) is 5.95. The highest BCUT2D eigenvalue weighted by atomic mass is 16.4. The number of hydrogen-bond donors (Lipinski definition) is 2. The summed E-state index contributed by atoms with van der Waals surface area (Å²) in [4.78, 5) is 32.9. The molecular weight excluding hydrogens is 234 g/mol. The molecule has 0 bridgehead atoms. The highest BCUT2D eigenvalue weighted by Gasteiger charge is 2.21. The molecule has 0 aliphatic rings. The van der Waals surface area contributed by atoms with Gasteiger partial charge >= 0.3 is 5.97 Å². The summed E-state index contributed by atoms with van der Waals surface area (Å²) < 4.78 is 0. The number of rotatable bonds is 6. The number of carboxylic acids is 1. The predicted molar refractivity (Wildman–Crippen MR) is 65.5 cm³/mol. The van der Waals surface area contributed by atoms with Gasteiger partial charge in [0.2, 0.25) is 6.41 Å². The number of amides is 1. The van der Waals surface area contributed by atoms with Gasteiger partial charge in [0.15, 0.2) is 5.78 Å². The maximum atomic E-state index is 11.9. The molecule has 0 fully saturated rings. The van der Waals surface area contributed by atoms with E-state index in [2.05, 4.69) is 5.32 Å². The molecule has 96 valence electrons. The van der Waals surface area contributed by atoms with Crippen molar-refractivity contribution in [2.75, 3.05) is 0 Å². The number of carboxylic acid groups (broad SMARTS) is 1. The molecule has 5 nitrogen and oxygen atoms in total. The van der Waals surface area contributed by atoms with Gasteiger partial charge in [0.25, 0.3) is 0 Å². The summed E-state index contributed by atoms with van der Waals surface area (Å²) >= 11 is 0. The smallest absolute Gasteiger partial charge is 0.326 e. The molecule has 1 unspecified atom stereocenters. The topological polar surface area (TPSA) is 83.5 Å². The third-order valence-corrected chi connectivity index (χ3v) is 2.79. The Balaban J connectivity index is 2.83. The minimum Gasteiger partial charge on any atom is -0.480 e. The molecule has 0 radical (unpaired) electrons. The van der Waals surface area contributed by atoms with E-state index in [9.17, 15) is 14.4 Å². The van der Waals surface area contributed by atoms with Crippen molar-refractivity contribution < 1.29 is 19.5 Å². The van der Waals surface area contributed by atoms with Crippen LogP contribution in [0.3, 0.4) is 0 Å². The lowest BCUT2D eigenvalue weighted by Crippen LogP contribution is -2.37. The number of nitrogens with one attached hydrogen (secondary N) is 1. The van der Waals surface area contributed by atoms with E-state index in [-0.39, 0.29) is 18.6 Å². The van der Waals surface area contributed by atoms with Crippen LogP contribution in [-0.2, 0) is 9.59 Å². The van der Waals surface area contributed by atoms with Crippen LogP contribution >= 0.6 is 0 Å². The second-order valence-corrected chi connectivity index (χ2v) is 4.10. The lowest BCUT2D eigenvalue weighted by Gasteiger charge is -2.10. The van der Waals surface area contributed by atoms with Crippen LogP contribution in [0.1, 0.15) is 27.9 Å². The van der Waals surface area contributed by atoms with E-state index in [0.717, 1.165) is 11.1 Å². The Morgan fingerprint density at radius 3 is 2.50 bits per heavy atom. The van der Waals surface area contributed by atoms with Gasteiger partial charge in [-0.15, -0.1) is 0 Å². The summed E-state index contributed by atoms with van der Waals surface area (Å²) in [5.41, 5.74) is 2.49. The zero-order valence-corrected chi connectivity index (χ0v) is 10.3. The van der Waals surface area contributed by atoms with Gasteiger partial charge in [-0.3, -0.25) is 9.59 Å². The Morgan fingerprint density at radius 2 is 2.00 bits per heavy atom. The van der Waals surface area contributed by atoms with Crippen LogP contribution in [0.4, 0.5) is 0 Å². The van der Waals surface area contributed by atoms with Gasteiger partial charge in [0.05, 0.1) is 0 Å². The first-order chi connectivity index (χ1) is 8.45. The number of aryl methyl sites for hydroxylation is 2. The molecule has 5 heteroatoms. The van der Waals surface area contributed by atoms with E-state index in [1.54, 1.807) is 12.1 Å². The van der Waals surface area contributed by atoms with E-state index >= 15 is 0 Å². The summed E-state index contributed by atoms with van der Waals surface area (Å²) in [5, 5.41) is 10.9. The number of ketones is 1. The summed E-state index contributed by atoms with van der Waals surface area (Å²) in [6.45, 7) is 3.81. The molecule has 1 aromatic carbocycles. The van der Waals surface area contributed by atoms with E-state index in [1.807, 2.05) is 19.9 Å². The maximum absolute atomic E-state index is 11.9. The SMILES string of the molecule is Cc1ccc(C(=O)CC(NC=O)C(=O)O)cc1C. The summed E-state index contributed by atoms with van der Waals surface area (Å²) in [5.74, 6) is -1.53. The van der Waals surface area contributed by atoms with Crippen molar-refractivity contribution in [2.24, 2.45) is 0 Å². The molecule has 2 N–H and O–H groups in total. The van der Waals surface area contributed by atoms with Crippen LogP contribution in [0.2, 0.25) is 0 Å². The van der Waals surface area contributed by atoms with Crippen molar-refractivity contribution >= 4 is 18.2 Å². The van der Waals surface area contributed by atoms with Crippen molar-refractivity contribution in [1.29, 1.82) is 0 Å². The number of carbonyl (C=O) groups excluding carboxylic acids is 2. The van der Waals surface area contributed by atoms with Gasteiger partial charge in [0.1, 0.15) is 6.04 Å². The first-order valence-electron chi connectivity index (χ1n) is 5.48. The minimum atomic E-state index is -1.22. The molecule has 0 aliphatic carbocycles.